The largest absolute Gasteiger partial charge is 0.351 e. The standard InChI is InChI=1S/C54H58Cl4N4O/c1-2-3-8-25-51(61-54(43-19-11-5-12-20-43,44-21-13-6-14-22-44)45-23-15-7-16-24-45)60-52(62-32-30-40(31-33-62)34-39-17-9-4-10-18-39)36-42(41-26-29-48(56)50(58)35-41)38-59-53(63)47-28-27-46(55)37-49(47)57/h4-7,9-24,26-29,35,37,40,42,51-52,60-61H,2-3,8,25,30-34,36,38H2,1H3,(H,59,63). The number of hydrogen-bond acceptors (Lipinski definition) is 4. The van der Waals surface area contributed by atoms with Gasteiger partial charge in [-0.25, -0.2) is 0 Å². The van der Waals surface area contributed by atoms with E-state index in [0.717, 1.165) is 63.6 Å². The van der Waals surface area contributed by atoms with E-state index in [9.17, 15) is 4.79 Å². The molecule has 6 aromatic carbocycles. The molecule has 9 heteroatoms. The summed E-state index contributed by atoms with van der Waals surface area (Å²) in [6, 6.07) is 54.1. The van der Waals surface area contributed by atoms with Gasteiger partial charge < -0.3 is 5.32 Å². The topological polar surface area (TPSA) is 56.4 Å². The summed E-state index contributed by atoms with van der Waals surface area (Å²) in [4.78, 5) is 16.4. The van der Waals surface area contributed by atoms with Gasteiger partial charge in [0, 0.05) is 17.5 Å². The van der Waals surface area contributed by atoms with E-state index in [0.29, 0.717) is 44.5 Å². The van der Waals surface area contributed by atoms with Crippen molar-refractivity contribution >= 4 is 52.3 Å². The molecule has 328 valence electrons. The third kappa shape index (κ3) is 12.3. The van der Waals surface area contributed by atoms with Gasteiger partial charge in [-0.05, 0) is 109 Å². The molecule has 3 atom stereocenters. The molecule has 0 aliphatic carbocycles. The first-order valence-corrected chi connectivity index (χ1v) is 23.9. The third-order valence-corrected chi connectivity index (χ3v) is 13.9. The number of carbonyl (C=O) groups excluding carboxylic acids is 1. The predicted molar refractivity (Wildman–Crippen MR) is 264 cm³/mol. The molecule has 0 aromatic heterocycles. The Morgan fingerprint density at radius 3 is 1.83 bits per heavy atom. The van der Waals surface area contributed by atoms with Crippen LogP contribution in [-0.4, -0.2) is 42.8 Å². The fourth-order valence-electron chi connectivity index (χ4n) is 9.20. The summed E-state index contributed by atoms with van der Waals surface area (Å²) >= 11 is 26.0. The van der Waals surface area contributed by atoms with Crippen LogP contribution in [0.15, 0.2) is 158 Å². The van der Waals surface area contributed by atoms with Crippen LogP contribution in [0, 0.1) is 5.92 Å². The molecular formula is C54H58Cl4N4O. The van der Waals surface area contributed by atoms with E-state index in [1.54, 1.807) is 18.2 Å². The van der Waals surface area contributed by atoms with Crippen LogP contribution in [-0.2, 0) is 12.0 Å². The SMILES string of the molecule is CCCCCC(NC(CC(CNC(=O)c1ccc(Cl)cc1Cl)c1ccc(Cl)c(Cl)c1)N1CCC(Cc2ccccc2)CC1)NC(c1ccccc1)(c1ccccc1)c1ccccc1. The van der Waals surface area contributed by atoms with E-state index in [2.05, 4.69) is 149 Å². The second-order valence-corrected chi connectivity index (χ2v) is 18.5. The third-order valence-electron chi connectivity index (χ3n) is 12.6. The molecule has 1 amide bonds. The quantitative estimate of drug-likeness (QED) is 0.0406. The van der Waals surface area contributed by atoms with Crippen molar-refractivity contribution in [2.45, 2.75) is 82.1 Å². The number of nitrogens with zero attached hydrogens (tertiary/aromatic N) is 1. The number of carbonyl (C=O) groups is 1. The van der Waals surface area contributed by atoms with Gasteiger partial charge in [0.05, 0.1) is 38.5 Å². The summed E-state index contributed by atoms with van der Waals surface area (Å²) in [5, 5.41) is 13.6. The number of hydrogen-bond donors (Lipinski definition) is 3. The van der Waals surface area contributed by atoms with Gasteiger partial charge in [0.25, 0.3) is 5.91 Å². The highest BCUT2D eigenvalue weighted by Gasteiger charge is 2.39. The Balaban J connectivity index is 1.27. The highest BCUT2D eigenvalue weighted by atomic mass is 35.5. The highest BCUT2D eigenvalue weighted by molar-refractivity contribution is 6.42. The monoisotopic (exact) mass is 918 g/mol. The Bertz CT molecular complexity index is 2230. The van der Waals surface area contributed by atoms with E-state index in [1.807, 2.05) is 18.2 Å². The van der Waals surface area contributed by atoms with Crippen LogP contribution in [0.5, 0.6) is 0 Å². The second-order valence-electron chi connectivity index (χ2n) is 16.8. The van der Waals surface area contributed by atoms with Crippen LogP contribution in [0.1, 0.15) is 96.0 Å². The number of amides is 1. The molecule has 0 saturated carbocycles. The van der Waals surface area contributed by atoms with Gasteiger partial charge in [0.2, 0.25) is 0 Å². The summed E-state index contributed by atoms with van der Waals surface area (Å²) in [7, 11) is 0. The number of nitrogens with one attached hydrogen (secondary N) is 3. The smallest absolute Gasteiger partial charge is 0.252 e. The molecule has 3 unspecified atom stereocenters. The first-order chi connectivity index (χ1) is 30.7. The molecule has 6 aromatic rings. The molecule has 1 fully saturated rings. The average molecular weight is 921 g/mol. The minimum atomic E-state index is -0.671. The molecular weight excluding hydrogens is 862 g/mol. The lowest BCUT2D eigenvalue weighted by Gasteiger charge is -2.45. The van der Waals surface area contributed by atoms with Crippen LogP contribution < -0.4 is 16.0 Å². The van der Waals surface area contributed by atoms with Gasteiger partial charge in [0.15, 0.2) is 0 Å². The summed E-state index contributed by atoms with van der Waals surface area (Å²) in [6.45, 7) is 4.50. The van der Waals surface area contributed by atoms with Crippen LogP contribution in [0.3, 0.4) is 0 Å². The summed E-state index contributed by atoms with van der Waals surface area (Å²) in [5.41, 5.74) is 5.60. The van der Waals surface area contributed by atoms with Crippen molar-refractivity contribution in [1.29, 1.82) is 0 Å². The number of halogens is 4. The van der Waals surface area contributed by atoms with Gasteiger partial charge in [-0.1, -0.05) is 200 Å². The maximum Gasteiger partial charge on any atom is 0.252 e. The minimum absolute atomic E-state index is 0.0719. The molecule has 3 N–H and O–H groups in total. The number of rotatable bonds is 20. The molecule has 0 spiro atoms. The van der Waals surface area contributed by atoms with E-state index in [-0.39, 0.29) is 24.2 Å². The Labute approximate surface area is 394 Å². The van der Waals surface area contributed by atoms with Gasteiger partial charge in [-0.15, -0.1) is 0 Å². The van der Waals surface area contributed by atoms with Crippen molar-refractivity contribution in [2.75, 3.05) is 19.6 Å². The zero-order chi connectivity index (χ0) is 44.0. The summed E-state index contributed by atoms with van der Waals surface area (Å²) < 4.78 is 0. The Morgan fingerprint density at radius 2 is 1.27 bits per heavy atom. The van der Waals surface area contributed by atoms with Crippen LogP contribution in [0.25, 0.3) is 0 Å². The lowest BCUT2D eigenvalue weighted by atomic mass is 9.76. The van der Waals surface area contributed by atoms with E-state index >= 15 is 0 Å². The maximum atomic E-state index is 13.8. The lowest BCUT2D eigenvalue weighted by molar-refractivity contribution is 0.0808. The van der Waals surface area contributed by atoms with E-state index < -0.39 is 5.54 Å². The van der Waals surface area contributed by atoms with Gasteiger partial charge in [-0.3, -0.25) is 20.3 Å². The van der Waals surface area contributed by atoms with Crippen molar-refractivity contribution in [3.05, 3.63) is 211 Å². The van der Waals surface area contributed by atoms with E-state index in [1.165, 1.54) is 22.3 Å². The zero-order valence-electron chi connectivity index (χ0n) is 36.0. The van der Waals surface area contributed by atoms with Crippen LogP contribution in [0.2, 0.25) is 20.1 Å². The van der Waals surface area contributed by atoms with Gasteiger partial charge >= 0.3 is 0 Å². The summed E-state index contributed by atoms with van der Waals surface area (Å²) in [5.74, 6) is 0.206. The molecule has 1 saturated heterocycles. The predicted octanol–water partition coefficient (Wildman–Crippen LogP) is 13.6. The Morgan fingerprint density at radius 1 is 0.683 bits per heavy atom. The normalized spacial score (nSPS) is 15.1. The second kappa shape index (κ2) is 23.1. The van der Waals surface area contributed by atoms with Crippen molar-refractivity contribution in [2.24, 2.45) is 5.92 Å². The average Bonchev–Trinajstić information content (AvgIpc) is 3.31. The first kappa shape index (κ1) is 46.8. The molecule has 1 aliphatic rings. The number of benzene rings is 6. The molecule has 0 radical (unpaired) electrons. The van der Waals surface area contributed by atoms with Crippen LogP contribution >= 0.6 is 46.4 Å². The maximum absolute atomic E-state index is 13.8. The Hall–Kier alpha value is -4.17. The molecule has 1 aliphatic heterocycles. The number of likely N-dealkylation sites (tertiary alicyclic amines) is 1. The fourth-order valence-corrected chi connectivity index (χ4v) is 10.0. The fraction of sp³-hybridized carbons (Fsp3) is 0.315. The molecule has 0 bridgehead atoms. The van der Waals surface area contributed by atoms with Crippen molar-refractivity contribution in [3.63, 3.8) is 0 Å². The van der Waals surface area contributed by atoms with Crippen molar-refractivity contribution in [1.82, 2.24) is 20.9 Å². The molecule has 63 heavy (non-hydrogen) atoms. The highest BCUT2D eigenvalue weighted by Crippen LogP contribution is 2.38. The molecule has 5 nitrogen and oxygen atoms in total. The zero-order valence-corrected chi connectivity index (χ0v) is 39.0. The lowest BCUT2D eigenvalue weighted by Crippen LogP contribution is -2.61. The van der Waals surface area contributed by atoms with Crippen molar-refractivity contribution in [3.8, 4) is 0 Å². The molecule has 1 heterocycles. The summed E-state index contributed by atoms with van der Waals surface area (Å²) in [6.07, 6.45) is 7.96. The van der Waals surface area contributed by atoms with Crippen molar-refractivity contribution < 1.29 is 4.79 Å². The van der Waals surface area contributed by atoms with Gasteiger partial charge in [0.1, 0.15) is 0 Å². The number of unbranched alkanes of at least 4 members (excludes halogenated alkanes) is 2. The van der Waals surface area contributed by atoms with Gasteiger partial charge in [-0.2, -0.15) is 0 Å². The number of piperidine rings is 1. The molecule has 7 rings (SSSR count). The van der Waals surface area contributed by atoms with Crippen LogP contribution in [0.4, 0.5) is 0 Å². The minimum Gasteiger partial charge on any atom is -0.351 e. The first-order valence-electron chi connectivity index (χ1n) is 22.4. The Kier molecular flexibility index (Phi) is 17.2. The van der Waals surface area contributed by atoms with E-state index in [4.69, 9.17) is 46.4 Å².